The Labute approximate surface area is 119 Å². The topological polar surface area (TPSA) is 41.3 Å². The van der Waals surface area contributed by atoms with Crippen LogP contribution in [0.15, 0.2) is 18.2 Å². The van der Waals surface area contributed by atoms with E-state index in [1.165, 1.54) is 25.0 Å². The van der Waals surface area contributed by atoms with Crippen LogP contribution >= 0.6 is 0 Å². The van der Waals surface area contributed by atoms with Gasteiger partial charge in [-0.1, -0.05) is 0 Å². The van der Waals surface area contributed by atoms with Crippen molar-refractivity contribution in [2.45, 2.75) is 44.7 Å². The van der Waals surface area contributed by atoms with Gasteiger partial charge in [-0.15, -0.1) is 0 Å². The maximum atomic E-state index is 13.8. The molecule has 0 radical (unpaired) electrons. The molecule has 1 atom stereocenters. The smallest absolute Gasteiger partial charge is 0.126 e. The van der Waals surface area contributed by atoms with E-state index in [4.69, 9.17) is 5.84 Å². The van der Waals surface area contributed by atoms with Crippen LogP contribution in [-0.2, 0) is 6.42 Å². The molecule has 20 heavy (non-hydrogen) atoms. The summed E-state index contributed by atoms with van der Waals surface area (Å²) >= 11 is 0. The van der Waals surface area contributed by atoms with Crippen LogP contribution in [0, 0.1) is 11.6 Å². The number of likely N-dealkylation sites (tertiary alicyclic amines) is 1. The molecule has 1 unspecified atom stereocenters. The van der Waals surface area contributed by atoms with Gasteiger partial charge in [0.25, 0.3) is 0 Å². The number of rotatable bonds is 5. The maximum absolute atomic E-state index is 13.8. The van der Waals surface area contributed by atoms with E-state index in [0.29, 0.717) is 12.0 Å². The van der Waals surface area contributed by atoms with Crippen LogP contribution in [0.2, 0.25) is 0 Å². The second-order valence-electron chi connectivity index (χ2n) is 6.01. The van der Waals surface area contributed by atoms with Gasteiger partial charge in [0.1, 0.15) is 11.6 Å². The van der Waals surface area contributed by atoms with Crippen molar-refractivity contribution in [1.29, 1.82) is 0 Å². The zero-order valence-corrected chi connectivity index (χ0v) is 12.1. The molecule has 5 heteroatoms. The van der Waals surface area contributed by atoms with E-state index in [2.05, 4.69) is 24.2 Å². The van der Waals surface area contributed by atoms with E-state index in [9.17, 15) is 8.78 Å². The van der Waals surface area contributed by atoms with Crippen LogP contribution < -0.4 is 11.3 Å². The van der Waals surface area contributed by atoms with Gasteiger partial charge >= 0.3 is 0 Å². The Morgan fingerprint density at radius 2 is 1.95 bits per heavy atom. The van der Waals surface area contributed by atoms with Gasteiger partial charge in [0, 0.05) is 11.6 Å². The highest BCUT2D eigenvalue weighted by Crippen LogP contribution is 2.26. The molecular formula is C15H23F2N3. The molecule has 0 amide bonds. The Morgan fingerprint density at radius 1 is 1.30 bits per heavy atom. The molecule has 0 spiro atoms. The molecule has 0 aromatic heterocycles. The third-order valence-corrected chi connectivity index (χ3v) is 4.41. The van der Waals surface area contributed by atoms with Gasteiger partial charge in [0.2, 0.25) is 0 Å². The maximum Gasteiger partial charge on any atom is 0.126 e. The highest BCUT2D eigenvalue weighted by atomic mass is 19.1. The van der Waals surface area contributed by atoms with Crippen molar-refractivity contribution in [3.05, 3.63) is 35.4 Å². The van der Waals surface area contributed by atoms with Crippen molar-refractivity contribution in [3.8, 4) is 0 Å². The van der Waals surface area contributed by atoms with Crippen LogP contribution in [-0.4, -0.2) is 29.6 Å². The first-order valence-corrected chi connectivity index (χ1v) is 7.10. The zero-order valence-electron chi connectivity index (χ0n) is 12.1. The lowest BCUT2D eigenvalue weighted by atomic mass is 9.88. The summed E-state index contributed by atoms with van der Waals surface area (Å²) in [4.78, 5) is 2.36. The lowest BCUT2D eigenvalue weighted by Crippen LogP contribution is -2.59. The van der Waals surface area contributed by atoms with Crippen LogP contribution in [0.3, 0.4) is 0 Å². The van der Waals surface area contributed by atoms with Crippen molar-refractivity contribution >= 4 is 0 Å². The Kier molecular flexibility index (Phi) is 4.73. The Morgan fingerprint density at radius 3 is 2.55 bits per heavy atom. The Bertz CT molecular complexity index is 456. The Balaban J connectivity index is 2.17. The van der Waals surface area contributed by atoms with Crippen LogP contribution in [0.1, 0.15) is 32.3 Å². The normalized spacial score (nSPS) is 18.4. The minimum atomic E-state index is -0.420. The molecule has 1 fully saturated rings. The summed E-state index contributed by atoms with van der Waals surface area (Å²) < 4.78 is 27.1. The first-order valence-electron chi connectivity index (χ1n) is 7.10. The lowest BCUT2D eigenvalue weighted by Gasteiger charge is -2.42. The predicted molar refractivity (Wildman–Crippen MR) is 76.1 cm³/mol. The first-order chi connectivity index (χ1) is 9.45. The second-order valence-corrected chi connectivity index (χ2v) is 6.01. The highest BCUT2D eigenvalue weighted by Gasteiger charge is 2.36. The fraction of sp³-hybridized carbons (Fsp3) is 0.600. The number of hydrazine groups is 1. The standard InChI is InChI=1S/C15H23F2N3/c1-15(2,20-7-3-4-8-20)14(19-18)10-11-9-12(16)5-6-13(11)17/h5-6,9,14,19H,3-4,7-8,10,18H2,1-2H3. The molecule has 1 aliphatic heterocycles. The number of nitrogens with two attached hydrogens (primary N) is 1. The van der Waals surface area contributed by atoms with Crippen molar-refractivity contribution in [2.75, 3.05) is 13.1 Å². The molecule has 0 bridgehead atoms. The molecule has 112 valence electrons. The summed E-state index contributed by atoms with van der Waals surface area (Å²) in [5.74, 6) is 4.86. The molecule has 3 N–H and O–H groups in total. The number of hydrogen-bond acceptors (Lipinski definition) is 3. The Hall–Kier alpha value is -1.04. The van der Waals surface area contributed by atoms with Crippen molar-refractivity contribution < 1.29 is 8.78 Å². The summed E-state index contributed by atoms with van der Waals surface area (Å²) in [7, 11) is 0. The van der Waals surface area contributed by atoms with E-state index in [1.54, 1.807) is 0 Å². The lowest BCUT2D eigenvalue weighted by molar-refractivity contribution is 0.106. The van der Waals surface area contributed by atoms with Gasteiger partial charge in [-0.25, -0.2) is 8.78 Å². The van der Waals surface area contributed by atoms with Crippen molar-refractivity contribution in [1.82, 2.24) is 10.3 Å². The number of nitrogens with one attached hydrogen (secondary N) is 1. The average molecular weight is 283 g/mol. The molecule has 3 nitrogen and oxygen atoms in total. The average Bonchev–Trinajstić information content (AvgIpc) is 2.94. The molecule has 2 rings (SSSR count). The number of nitrogens with zero attached hydrogens (tertiary/aromatic N) is 1. The van der Waals surface area contributed by atoms with Gasteiger partial charge in [0.15, 0.2) is 0 Å². The predicted octanol–water partition coefficient (Wildman–Crippen LogP) is 2.21. The summed E-state index contributed by atoms with van der Waals surface area (Å²) in [5.41, 5.74) is 2.94. The van der Waals surface area contributed by atoms with Crippen LogP contribution in [0.4, 0.5) is 8.78 Å². The molecule has 1 saturated heterocycles. The van der Waals surface area contributed by atoms with Crippen LogP contribution in [0.25, 0.3) is 0 Å². The van der Waals surface area contributed by atoms with Gasteiger partial charge in [0.05, 0.1) is 0 Å². The summed E-state index contributed by atoms with van der Waals surface area (Å²) in [6.07, 6.45) is 2.72. The second kappa shape index (κ2) is 6.16. The van der Waals surface area contributed by atoms with E-state index < -0.39 is 5.82 Å². The molecule has 0 saturated carbocycles. The molecule has 1 heterocycles. The van der Waals surface area contributed by atoms with Gasteiger partial charge in [-0.3, -0.25) is 16.2 Å². The zero-order chi connectivity index (χ0) is 14.8. The molecule has 1 aromatic rings. The van der Waals surface area contributed by atoms with E-state index in [-0.39, 0.29) is 17.4 Å². The van der Waals surface area contributed by atoms with Gasteiger partial charge in [-0.2, -0.15) is 0 Å². The molecule has 0 aliphatic carbocycles. The summed E-state index contributed by atoms with van der Waals surface area (Å²) in [6.45, 7) is 6.24. The number of benzene rings is 1. The fourth-order valence-electron chi connectivity index (χ4n) is 2.95. The van der Waals surface area contributed by atoms with Gasteiger partial charge in [-0.05, 0) is 70.0 Å². The first kappa shape index (κ1) is 15.4. The highest BCUT2D eigenvalue weighted by molar-refractivity contribution is 5.21. The van der Waals surface area contributed by atoms with E-state index >= 15 is 0 Å². The fourth-order valence-corrected chi connectivity index (χ4v) is 2.95. The third-order valence-electron chi connectivity index (χ3n) is 4.41. The SMILES string of the molecule is CC(C)(C(Cc1cc(F)ccc1F)NN)N1CCCC1. The van der Waals surface area contributed by atoms with E-state index in [1.807, 2.05) is 0 Å². The quantitative estimate of drug-likeness (QED) is 0.643. The van der Waals surface area contributed by atoms with Crippen LogP contribution in [0.5, 0.6) is 0 Å². The largest absolute Gasteiger partial charge is 0.297 e. The minimum Gasteiger partial charge on any atom is -0.297 e. The molecular weight excluding hydrogens is 260 g/mol. The summed E-state index contributed by atoms with van der Waals surface area (Å²) in [6, 6.07) is 3.41. The number of hydrogen-bond donors (Lipinski definition) is 2. The molecule has 1 aromatic carbocycles. The monoisotopic (exact) mass is 283 g/mol. The minimum absolute atomic E-state index is 0.142. The summed E-state index contributed by atoms with van der Waals surface area (Å²) in [5, 5.41) is 0. The number of halogens is 2. The van der Waals surface area contributed by atoms with Crippen molar-refractivity contribution in [3.63, 3.8) is 0 Å². The van der Waals surface area contributed by atoms with Gasteiger partial charge < -0.3 is 0 Å². The van der Waals surface area contributed by atoms with Crippen molar-refractivity contribution in [2.24, 2.45) is 5.84 Å². The third kappa shape index (κ3) is 3.16. The van der Waals surface area contributed by atoms with E-state index in [0.717, 1.165) is 19.2 Å². The molecule has 1 aliphatic rings.